The molecule has 0 bridgehead atoms. The van der Waals surface area contributed by atoms with Crippen LogP contribution in [0, 0.1) is 0 Å². The zero-order valence-electron chi connectivity index (χ0n) is 30.3. The molecule has 1 heterocycles. The smallest absolute Gasteiger partial charge is 0.131 e. The predicted octanol–water partition coefficient (Wildman–Crippen LogP) is 11.7. The lowest BCUT2D eigenvalue weighted by atomic mass is 9.67. The fourth-order valence-corrected chi connectivity index (χ4v) is 8.75. The molecule has 3 heteroatoms. The summed E-state index contributed by atoms with van der Waals surface area (Å²) in [5.74, 6) is 0.866. The molecule has 2 atom stereocenters. The Labute approximate surface area is 322 Å². The molecule has 10 rings (SSSR count). The van der Waals surface area contributed by atoms with Gasteiger partial charge in [-0.15, -0.1) is 0 Å². The van der Waals surface area contributed by atoms with Gasteiger partial charge in [-0.3, -0.25) is 5.32 Å². The van der Waals surface area contributed by atoms with Gasteiger partial charge in [-0.05, 0) is 72.8 Å². The minimum absolute atomic E-state index is 0.114. The van der Waals surface area contributed by atoms with Crippen LogP contribution in [-0.2, 0) is 5.41 Å². The Hall–Kier alpha value is -6.81. The zero-order chi connectivity index (χ0) is 36.6. The van der Waals surface area contributed by atoms with Crippen molar-refractivity contribution in [2.45, 2.75) is 17.7 Å². The average Bonchev–Trinajstić information content (AvgIpc) is 3.59. The van der Waals surface area contributed by atoms with Gasteiger partial charge in [0.2, 0.25) is 0 Å². The van der Waals surface area contributed by atoms with Crippen LogP contribution in [0.25, 0.3) is 33.4 Å². The fraction of sp³-hybridized carbons (Fsp3) is 0.0577. The number of nitrogens with zero attached hydrogens (tertiary/aromatic N) is 1. The molecular weight excluding hydrogens is 667 g/mol. The third-order valence-corrected chi connectivity index (χ3v) is 11.3. The maximum atomic E-state index is 5.30. The molecule has 3 nitrogen and oxygen atoms in total. The Bertz CT molecular complexity index is 2590. The molecule has 0 aromatic heterocycles. The molecule has 1 aliphatic carbocycles. The number of amidine groups is 1. The lowest BCUT2D eigenvalue weighted by molar-refractivity contribution is 0.409. The Morgan fingerprint density at radius 2 is 0.927 bits per heavy atom. The predicted molar refractivity (Wildman–Crippen MR) is 226 cm³/mol. The molecule has 0 radical (unpaired) electrons. The van der Waals surface area contributed by atoms with Crippen molar-refractivity contribution in [2.75, 3.05) is 0 Å². The molecule has 0 saturated carbocycles. The molecule has 0 fully saturated rings. The standard InChI is InChI=1S/C52H39N3/c1-5-17-36(18-6-1)40-21-15-22-41(35-40)51-54-49(38-19-7-2-8-20-38)53-50(55-51)39-33-31-37(32-34-39)44-28-16-30-47-48(44)45-27-13-14-29-46(45)52(47,42-23-9-3-10-24-42)43-25-11-4-12-26-43/h1-35,49,51,54H,(H,53,55). The monoisotopic (exact) mass is 705 g/mol. The van der Waals surface area contributed by atoms with Gasteiger partial charge >= 0.3 is 0 Å². The topological polar surface area (TPSA) is 36.4 Å². The van der Waals surface area contributed by atoms with E-state index in [9.17, 15) is 0 Å². The van der Waals surface area contributed by atoms with Gasteiger partial charge in [-0.1, -0.05) is 206 Å². The van der Waals surface area contributed by atoms with Crippen molar-refractivity contribution in [1.82, 2.24) is 10.6 Å². The van der Waals surface area contributed by atoms with Gasteiger partial charge in [0.1, 0.15) is 18.2 Å². The Balaban J connectivity index is 1.07. The van der Waals surface area contributed by atoms with Crippen LogP contribution in [0.3, 0.4) is 0 Å². The Morgan fingerprint density at radius 3 is 1.64 bits per heavy atom. The van der Waals surface area contributed by atoms with E-state index >= 15 is 0 Å². The van der Waals surface area contributed by atoms with Crippen LogP contribution in [0.5, 0.6) is 0 Å². The lowest BCUT2D eigenvalue weighted by Crippen LogP contribution is -2.44. The normalized spacial score (nSPS) is 16.7. The molecule has 8 aromatic carbocycles. The molecule has 1 aliphatic heterocycles. The van der Waals surface area contributed by atoms with Crippen molar-refractivity contribution in [2.24, 2.45) is 4.99 Å². The first-order valence-corrected chi connectivity index (χ1v) is 19.0. The highest BCUT2D eigenvalue weighted by Gasteiger charge is 2.46. The average molecular weight is 706 g/mol. The second kappa shape index (κ2) is 13.9. The second-order valence-electron chi connectivity index (χ2n) is 14.4. The molecule has 0 spiro atoms. The molecule has 55 heavy (non-hydrogen) atoms. The quantitative estimate of drug-likeness (QED) is 0.173. The van der Waals surface area contributed by atoms with Gasteiger partial charge in [0.15, 0.2) is 0 Å². The van der Waals surface area contributed by atoms with E-state index in [2.05, 4.69) is 223 Å². The summed E-state index contributed by atoms with van der Waals surface area (Å²) >= 11 is 0. The summed E-state index contributed by atoms with van der Waals surface area (Å²) in [6.07, 6.45) is -0.348. The summed E-state index contributed by atoms with van der Waals surface area (Å²) in [4.78, 5) is 5.30. The summed E-state index contributed by atoms with van der Waals surface area (Å²) in [5.41, 5.74) is 15.4. The maximum absolute atomic E-state index is 5.30. The first-order chi connectivity index (χ1) is 27.3. The minimum atomic E-state index is -0.433. The first kappa shape index (κ1) is 32.8. The lowest BCUT2D eigenvalue weighted by Gasteiger charge is -2.34. The van der Waals surface area contributed by atoms with Crippen molar-refractivity contribution < 1.29 is 0 Å². The number of fused-ring (bicyclic) bond motifs is 3. The summed E-state index contributed by atoms with van der Waals surface area (Å²) < 4.78 is 0. The number of hydrogen-bond acceptors (Lipinski definition) is 3. The molecular formula is C52H39N3. The van der Waals surface area contributed by atoms with Crippen LogP contribution in [-0.4, -0.2) is 5.84 Å². The van der Waals surface area contributed by atoms with Crippen molar-refractivity contribution in [3.05, 3.63) is 251 Å². The number of benzene rings is 8. The van der Waals surface area contributed by atoms with E-state index in [-0.39, 0.29) is 12.3 Å². The maximum Gasteiger partial charge on any atom is 0.131 e. The third kappa shape index (κ3) is 5.69. The highest BCUT2D eigenvalue weighted by atomic mass is 15.3. The van der Waals surface area contributed by atoms with Gasteiger partial charge in [0.05, 0.1) is 5.41 Å². The van der Waals surface area contributed by atoms with Gasteiger partial charge in [-0.2, -0.15) is 0 Å². The number of aliphatic imine (C=N–C) groups is 1. The van der Waals surface area contributed by atoms with Gasteiger partial charge in [0, 0.05) is 5.56 Å². The van der Waals surface area contributed by atoms with Crippen molar-refractivity contribution >= 4 is 5.84 Å². The Morgan fingerprint density at radius 1 is 0.400 bits per heavy atom. The fourth-order valence-electron chi connectivity index (χ4n) is 8.75. The SMILES string of the molecule is c1ccc(-c2cccc(C3N=C(c4ccc(-c5cccc6c5-c5ccccc5C6(c5ccccc5)c5ccccc5)cc4)NC(c4ccccc4)N3)c2)cc1. The van der Waals surface area contributed by atoms with Gasteiger partial charge < -0.3 is 5.32 Å². The van der Waals surface area contributed by atoms with Crippen LogP contribution in [0.4, 0.5) is 0 Å². The van der Waals surface area contributed by atoms with Crippen LogP contribution in [0.1, 0.15) is 51.3 Å². The van der Waals surface area contributed by atoms with Crippen LogP contribution in [0.15, 0.2) is 217 Å². The molecule has 0 amide bonds. The second-order valence-corrected chi connectivity index (χ2v) is 14.4. The van der Waals surface area contributed by atoms with E-state index < -0.39 is 5.41 Å². The van der Waals surface area contributed by atoms with Crippen molar-refractivity contribution in [1.29, 1.82) is 0 Å². The van der Waals surface area contributed by atoms with Crippen LogP contribution in [0.2, 0.25) is 0 Å². The van der Waals surface area contributed by atoms with E-state index in [0.29, 0.717) is 0 Å². The van der Waals surface area contributed by atoms with Crippen molar-refractivity contribution in [3.8, 4) is 33.4 Å². The van der Waals surface area contributed by atoms with E-state index in [0.717, 1.165) is 22.5 Å². The molecule has 0 saturated heterocycles. The summed E-state index contributed by atoms with van der Waals surface area (Å²) in [6, 6.07) is 76.5. The molecule has 2 N–H and O–H groups in total. The molecule has 8 aromatic rings. The molecule has 262 valence electrons. The Kier molecular flexibility index (Phi) is 8.28. The largest absolute Gasteiger partial charge is 0.350 e. The van der Waals surface area contributed by atoms with E-state index in [1.807, 2.05) is 0 Å². The molecule has 2 unspecified atom stereocenters. The van der Waals surface area contributed by atoms with Crippen molar-refractivity contribution in [3.63, 3.8) is 0 Å². The number of rotatable bonds is 7. The van der Waals surface area contributed by atoms with Gasteiger partial charge in [-0.25, -0.2) is 4.99 Å². The van der Waals surface area contributed by atoms with Gasteiger partial charge in [0.25, 0.3) is 0 Å². The highest BCUT2D eigenvalue weighted by Crippen LogP contribution is 2.58. The van der Waals surface area contributed by atoms with Crippen LogP contribution < -0.4 is 10.6 Å². The summed E-state index contributed by atoms with van der Waals surface area (Å²) in [5, 5.41) is 7.51. The third-order valence-electron chi connectivity index (χ3n) is 11.3. The van der Waals surface area contributed by atoms with Crippen LogP contribution >= 0.6 is 0 Å². The summed E-state index contributed by atoms with van der Waals surface area (Å²) in [7, 11) is 0. The molecule has 2 aliphatic rings. The number of hydrogen-bond donors (Lipinski definition) is 2. The highest BCUT2D eigenvalue weighted by molar-refractivity contribution is 6.01. The van der Waals surface area contributed by atoms with E-state index in [1.54, 1.807) is 0 Å². The number of nitrogens with one attached hydrogen (secondary N) is 2. The zero-order valence-corrected chi connectivity index (χ0v) is 30.3. The minimum Gasteiger partial charge on any atom is -0.350 e. The van der Waals surface area contributed by atoms with E-state index in [1.165, 1.54) is 55.6 Å². The van der Waals surface area contributed by atoms with E-state index in [4.69, 9.17) is 4.99 Å². The summed E-state index contributed by atoms with van der Waals surface area (Å²) in [6.45, 7) is 0. The first-order valence-electron chi connectivity index (χ1n) is 19.0.